The van der Waals surface area contributed by atoms with Crippen molar-refractivity contribution >= 4 is 11.5 Å². The number of nitrogens with one attached hydrogen (secondary N) is 1. The van der Waals surface area contributed by atoms with Gasteiger partial charge in [-0.1, -0.05) is 12.1 Å². The summed E-state index contributed by atoms with van der Waals surface area (Å²) in [6, 6.07) is 9.68. The van der Waals surface area contributed by atoms with E-state index in [-0.39, 0.29) is 5.82 Å². The van der Waals surface area contributed by atoms with Crippen molar-refractivity contribution in [1.29, 1.82) is 5.26 Å². The van der Waals surface area contributed by atoms with Gasteiger partial charge in [0.15, 0.2) is 0 Å². The summed E-state index contributed by atoms with van der Waals surface area (Å²) in [5.74, 6) is 0.797. The van der Waals surface area contributed by atoms with E-state index in [0.717, 1.165) is 5.69 Å². The molecule has 0 unspecified atom stereocenters. The lowest BCUT2D eigenvalue weighted by molar-refractivity contribution is 1.11. The maximum absolute atomic E-state index is 8.72. The minimum absolute atomic E-state index is 0.167. The van der Waals surface area contributed by atoms with Gasteiger partial charge in [0.1, 0.15) is 11.9 Å². The zero-order chi connectivity index (χ0) is 12.3. The highest BCUT2D eigenvalue weighted by molar-refractivity contribution is 5.61. The van der Waals surface area contributed by atoms with E-state index in [0.29, 0.717) is 5.82 Å². The number of benzene rings is 1. The highest BCUT2D eigenvalue weighted by Crippen LogP contribution is 2.21. The second-order valence-corrected chi connectivity index (χ2v) is 3.75. The molecule has 17 heavy (non-hydrogen) atoms. The zero-order valence-corrected chi connectivity index (χ0v) is 9.73. The van der Waals surface area contributed by atoms with Gasteiger partial charge in [-0.25, -0.2) is 9.97 Å². The minimum atomic E-state index is 0.167. The number of nitrogens with zero attached hydrogens (tertiary/aromatic N) is 3. The van der Waals surface area contributed by atoms with E-state index in [1.807, 2.05) is 25.1 Å². The quantitative estimate of drug-likeness (QED) is 0.851. The van der Waals surface area contributed by atoms with Gasteiger partial charge >= 0.3 is 0 Å². The Balaban J connectivity index is 2.32. The van der Waals surface area contributed by atoms with Crippen LogP contribution in [0.1, 0.15) is 17.0 Å². The molecule has 0 aliphatic rings. The van der Waals surface area contributed by atoms with Gasteiger partial charge < -0.3 is 5.32 Å². The first-order valence-corrected chi connectivity index (χ1v) is 5.27. The molecule has 2 aromatic rings. The fourth-order valence-electron chi connectivity index (χ4n) is 1.51. The molecule has 1 aromatic heterocycles. The molecule has 0 aliphatic heterocycles. The molecule has 84 valence electrons. The summed E-state index contributed by atoms with van der Waals surface area (Å²) in [6.07, 6.45) is 1.57. The molecule has 1 N–H and O–H groups in total. The Morgan fingerprint density at radius 1 is 1.24 bits per heavy atom. The van der Waals surface area contributed by atoms with Gasteiger partial charge in [0.25, 0.3) is 0 Å². The van der Waals surface area contributed by atoms with Crippen LogP contribution in [0.3, 0.4) is 0 Å². The fourth-order valence-corrected chi connectivity index (χ4v) is 1.51. The molecule has 0 aliphatic carbocycles. The van der Waals surface area contributed by atoms with Crippen molar-refractivity contribution in [2.75, 3.05) is 5.32 Å². The van der Waals surface area contributed by atoms with Crippen molar-refractivity contribution in [3.8, 4) is 6.07 Å². The molecule has 0 atom stereocenters. The Kier molecular flexibility index (Phi) is 3.01. The van der Waals surface area contributed by atoms with E-state index >= 15 is 0 Å². The second-order valence-electron chi connectivity index (χ2n) is 3.75. The van der Waals surface area contributed by atoms with Gasteiger partial charge in [-0.15, -0.1) is 0 Å². The summed E-state index contributed by atoms with van der Waals surface area (Å²) in [4.78, 5) is 7.90. The summed E-state index contributed by atoms with van der Waals surface area (Å²) in [7, 11) is 0. The van der Waals surface area contributed by atoms with Crippen molar-refractivity contribution < 1.29 is 0 Å². The van der Waals surface area contributed by atoms with E-state index in [9.17, 15) is 0 Å². The third-order valence-corrected chi connectivity index (χ3v) is 2.62. The molecule has 0 fully saturated rings. The molecule has 1 heterocycles. The second kappa shape index (κ2) is 4.62. The number of aromatic nitrogens is 2. The molecule has 0 spiro atoms. The average molecular weight is 224 g/mol. The lowest BCUT2D eigenvalue weighted by Crippen LogP contribution is -1.99. The third kappa shape index (κ3) is 2.40. The molecule has 4 nitrogen and oxygen atoms in total. The summed E-state index contributed by atoms with van der Waals surface area (Å²) in [6.45, 7) is 4.10. The Bertz CT molecular complexity index is 584. The van der Waals surface area contributed by atoms with E-state index in [2.05, 4.69) is 28.3 Å². The minimum Gasteiger partial charge on any atom is -0.340 e. The van der Waals surface area contributed by atoms with Crippen LogP contribution in [0, 0.1) is 25.2 Å². The molecule has 4 heteroatoms. The van der Waals surface area contributed by atoms with Crippen molar-refractivity contribution in [2.24, 2.45) is 0 Å². The lowest BCUT2D eigenvalue weighted by atomic mass is 10.1. The van der Waals surface area contributed by atoms with Crippen LogP contribution < -0.4 is 5.32 Å². The molecule has 0 radical (unpaired) electrons. The molecule has 0 saturated heterocycles. The van der Waals surface area contributed by atoms with E-state index < -0.39 is 0 Å². The fraction of sp³-hybridized carbons (Fsp3) is 0.154. The number of rotatable bonds is 2. The summed E-state index contributed by atoms with van der Waals surface area (Å²) in [5.41, 5.74) is 3.38. The van der Waals surface area contributed by atoms with Crippen LogP contribution in [0.2, 0.25) is 0 Å². The predicted octanol–water partition coefficient (Wildman–Crippen LogP) is 2.71. The van der Waals surface area contributed by atoms with Gasteiger partial charge in [-0.05, 0) is 37.1 Å². The standard InChI is InChI=1S/C13H12N4/c1-9-4-3-5-11(10(9)2)16-12-6-7-15-13(8-14)17-12/h3-7H,1-2H3,(H,15,16,17). The van der Waals surface area contributed by atoms with Crippen LogP contribution >= 0.6 is 0 Å². The first kappa shape index (κ1) is 11.1. The van der Waals surface area contributed by atoms with Gasteiger partial charge in [-0.3, -0.25) is 0 Å². The average Bonchev–Trinajstić information content (AvgIpc) is 2.35. The highest BCUT2D eigenvalue weighted by Gasteiger charge is 2.02. The molecule has 1 aromatic carbocycles. The topological polar surface area (TPSA) is 61.6 Å². The summed E-state index contributed by atoms with van der Waals surface area (Å²) < 4.78 is 0. The highest BCUT2D eigenvalue weighted by atomic mass is 15.0. The third-order valence-electron chi connectivity index (χ3n) is 2.62. The molecular weight excluding hydrogens is 212 g/mol. The SMILES string of the molecule is Cc1cccc(Nc2ccnc(C#N)n2)c1C. The number of hydrogen-bond donors (Lipinski definition) is 1. The normalized spacial score (nSPS) is 9.71. The Morgan fingerprint density at radius 2 is 2.06 bits per heavy atom. The first-order chi connectivity index (χ1) is 8.20. The van der Waals surface area contributed by atoms with Crippen molar-refractivity contribution in [1.82, 2.24) is 9.97 Å². The van der Waals surface area contributed by atoms with Crippen LogP contribution in [0.15, 0.2) is 30.5 Å². The number of nitriles is 1. The van der Waals surface area contributed by atoms with Gasteiger partial charge in [0, 0.05) is 11.9 Å². The molecule has 0 saturated carbocycles. The van der Waals surface area contributed by atoms with Gasteiger partial charge in [0.05, 0.1) is 0 Å². The number of hydrogen-bond acceptors (Lipinski definition) is 4. The van der Waals surface area contributed by atoms with E-state index in [1.165, 1.54) is 11.1 Å². The van der Waals surface area contributed by atoms with Crippen LogP contribution in [0.5, 0.6) is 0 Å². The van der Waals surface area contributed by atoms with Crippen molar-refractivity contribution in [2.45, 2.75) is 13.8 Å². The largest absolute Gasteiger partial charge is 0.340 e. The molecular formula is C13H12N4. The van der Waals surface area contributed by atoms with Crippen molar-refractivity contribution in [3.05, 3.63) is 47.4 Å². The van der Waals surface area contributed by atoms with Gasteiger partial charge in [0.2, 0.25) is 5.82 Å². The van der Waals surface area contributed by atoms with Gasteiger partial charge in [-0.2, -0.15) is 5.26 Å². The van der Waals surface area contributed by atoms with Crippen LogP contribution in [0.4, 0.5) is 11.5 Å². The molecule has 2 rings (SSSR count). The number of aryl methyl sites for hydroxylation is 1. The predicted molar refractivity (Wildman–Crippen MR) is 65.9 cm³/mol. The summed E-state index contributed by atoms with van der Waals surface area (Å²) >= 11 is 0. The Hall–Kier alpha value is -2.41. The van der Waals surface area contributed by atoms with E-state index in [1.54, 1.807) is 12.3 Å². The monoisotopic (exact) mass is 224 g/mol. The lowest BCUT2D eigenvalue weighted by Gasteiger charge is -2.10. The smallest absolute Gasteiger partial charge is 0.234 e. The van der Waals surface area contributed by atoms with E-state index in [4.69, 9.17) is 5.26 Å². The van der Waals surface area contributed by atoms with Crippen LogP contribution in [-0.2, 0) is 0 Å². The van der Waals surface area contributed by atoms with Crippen molar-refractivity contribution in [3.63, 3.8) is 0 Å². The Labute approximate surface area is 100.0 Å². The Morgan fingerprint density at radius 3 is 2.82 bits per heavy atom. The maximum atomic E-state index is 8.72. The molecule has 0 amide bonds. The zero-order valence-electron chi connectivity index (χ0n) is 9.73. The van der Waals surface area contributed by atoms with Crippen LogP contribution in [0.25, 0.3) is 0 Å². The molecule has 0 bridgehead atoms. The maximum Gasteiger partial charge on any atom is 0.234 e. The summed E-state index contributed by atoms with van der Waals surface area (Å²) in [5, 5.41) is 11.9. The number of anilines is 2. The first-order valence-electron chi connectivity index (χ1n) is 5.27. The van der Waals surface area contributed by atoms with Crippen LogP contribution in [-0.4, -0.2) is 9.97 Å².